The Morgan fingerprint density at radius 2 is 1.34 bits per heavy atom. The van der Waals surface area contributed by atoms with Gasteiger partial charge in [0.05, 0.1) is 64.1 Å². The average Bonchev–Trinajstić information content (AvgIpc) is 3.45. The number of hydrogen-bond donors (Lipinski definition) is 3. The number of hydrogen-bond acceptors (Lipinski definition) is 7. The van der Waals surface area contributed by atoms with E-state index in [4.69, 9.17) is 18.9 Å². The van der Waals surface area contributed by atoms with Crippen LogP contribution < -0.4 is 0 Å². The van der Waals surface area contributed by atoms with Gasteiger partial charge in [-0.25, -0.2) is 0 Å². The monoisotopic (exact) mass is 604 g/mol. The minimum absolute atomic E-state index is 0.0109. The third-order valence-corrected chi connectivity index (χ3v) is 11.8. The Morgan fingerprint density at radius 1 is 0.789 bits per heavy atom. The van der Waals surface area contributed by atoms with Crippen LogP contribution in [0.25, 0.3) is 0 Å². The second kappa shape index (κ2) is 10.5. The van der Waals surface area contributed by atoms with Crippen LogP contribution in [0.1, 0.15) is 120 Å². The number of aliphatic hydroxyl groups is 3. The van der Waals surface area contributed by atoms with E-state index in [1.54, 1.807) is 20.8 Å². The van der Waals surface area contributed by atoms with Crippen molar-refractivity contribution in [1.82, 2.24) is 0 Å². The molecule has 3 N–H and O–H groups in total. The zero-order valence-corrected chi connectivity index (χ0v) is 26.5. The lowest BCUT2D eigenvalue weighted by molar-refractivity contribution is -0.278. The van der Waals surface area contributed by atoms with Crippen molar-refractivity contribution in [1.29, 1.82) is 0 Å². The molecule has 4 saturated heterocycles. The Bertz CT molecular complexity index is 843. The summed E-state index contributed by atoms with van der Waals surface area (Å²) < 4.78 is 26.9. The summed E-state index contributed by atoms with van der Waals surface area (Å²) in [4.78, 5) is 0.294. The molecule has 0 bridgehead atoms. The summed E-state index contributed by atoms with van der Waals surface area (Å²) in [5, 5.41) is 31.5. The molecule has 1 unspecified atom stereocenters. The molecular weight excluding hydrogens is 552 g/mol. The number of ether oxygens (including phenoxy) is 4. The van der Waals surface area contributed by atoms with E-state index in [9.17, 15) is 15.3 Å². The van der Waals surface area contributed by atoms with Gasteiger partial charge in [-0.3, -0.25) is 0 Å². The van der Waals surface area contributed by atoms with E-state index < -0.39 is 22.9 Å². The van der Waals surface area contributed by atoms with E-state index in [0.717, 1.165) is 51.4 Å². The van der Waals surface area contributed by atoms with Crippen LogP contribution in [-0.4, -0.2) is 84.3 Å². The van der Waals surface area contributed by atoms with Crippen molar-refractivity contribution >= 4 is 15.9 Å². The van der Waals surface area contributed by atoms with Crippen molar-refractivity contribution in [3.63, 3.8) is 0 Å². The van der Waals surface area contributed by atoms with Gasteiger partial charge in [-0.05, 0) is 120 Å². The van der Waals surface area contributed by atoms with Gasteiger partial charge in [0.15, 0.2) is 0 Å². The summed E-state index contributed by atoms with van der Waals surface area (Å²) in [6.07, 6.45) is 6.60. The first kappa shape index (κ1) is 31.1. The highest BCUT2D eigenvalue weighted by atomic mass is 79.9. The van der Waals surface area contributed by atoms with Gasteiger partial charge in [0.1, 0.15) is 0 Å². The summed E-state index contributed by atoms with van der Waals surface area (Å²) in [5.41, 5.74) is -3.73. The number of halogens is 1. The van der Waals surface area contributed by atoms with Crippen LogP contribution in [0.15, 0.2) is 0 Å². The van der Waals surface area contributed by atoms with Crippen LogP contribution in [0.5, 0.6) is 0 Å². The second-order valence-corrected chi connectivity index (χ2v) is 15.8. The Kier molecular flexibility index (Phi) is 8.59. The highest BCUT2D eigenvalue weighted by molar-refractivity contribution is 9.09. The summed E-state index contributed by atoms with van der Waals surface area (Å²) >= 11 is 3.85. The molecule has 0 amide bonds. The van der Waals surface area contributed by atoms with Crippen LogP contribution in [0.3, 0.4) is 0 Å². The molecule has 4 aliphatic rings. The summed E-state index contributed by atoms with van der Waals surface area (Å²) in [5.74, 6) is 0. The zero-order valence-electron chi connectivity index (χ0n) is 24.9. The molecular formula is C30H53BrO7. The SMILES string of the molecule is CC(C)(O)[C@H](O)CCC(C)(O)[C@H]1CC[C@@](C)([C@H]2CC[C@H]([C@@]3(C)CC[C@@H]4OC(C)(C)[C@H](Br)CC[C@@]4(C)O3)O2)O1. The van der Waals surface area contributed by atoms with Crippen LogP contribution in [0, 0.1) is 0 Å². The Balaban J connectivity index is 1.37. The van der Waals surface area contributed by atoms with Crippen LogP contribution in [0.4, 0.5) is 0 Å². The lowest BCUT2D eigenvalue weighted by Gasteiger charge is -2.51. The van der Waals surface area contributed by atoms with Crippen molar-refractivity contribution in [3.05, 3.63) is 0 Å². The average molecular weight is 606 g/mol. The maximum absolute atomic E-state index is 11.2. The molecule has 4 fully saturated rings. The van der Waals surface area contributed by atoms with Gasteiger partial charge in [-0.2, -0.15) is 0 Å². The first-order valence-corrected chi connectivity index (χ1v) is 15.7. The van der Waals surface area contributed by atoms with E-state index in [0.29, 0.717) is 17.7 Å². The highest BCUT2D eigenvalue weighted by Gasteiger charge is 2.57. The molecule has 4 aliphatic heterocycles. The third-order valence-electron chi connectivity index (χ3n) is 10.3. The molecule has 0 spiro atoms. The van der Waals surface area contributed by atoms with Gasteiger partial charge in [0, 0.05) is 4.83 Å². The number of fused-ring (bicyclic) bond motifs is 1. The predicted molar refractivity (Wildman–Crippen MR) is 151 cm³/mol. The number of alkyl halides is 1. The topological polar surface area (TPSA) is 97.6 Å². The van der Waals surface area contributed by atoms with Crippen LogP contribution >= 0.6 is 15.9 Å². The summed E-state index contributed by atoms with van der Waals surface area (Å²) in [6.45, 7) is 15.8. The lowest BCUT2D eigenvalue weighted by atomic mass is 9.79. The van der Waals surface area contributed by atoms with Gasteiger partial charge in [-0.1, -0.05) is 15.9 Å². The molecule has 38 heavy (non-hydrogen) atoms. The van der Waals surface area contributed by atoms with Gasteiger partial charge >= 0.3 is 0 Å². The van der Waals surface area contributed by atoms with Crippen molar-refractivity contribution in [3.8, 4) is 0 Å². The minimum atomic E-state index is -1.20. The van der Waals surface area contributed by atoms with Gasteiger partial charge in [0.2, 0.25) is 0 Å². The van der Waals surface area contributed by atoms with E-state index in [-0.39, 0.29) is 41.2 Å². The smallest absolute Gasteiger partial charge is 0.0924 e. The predicted octanol–water partition coefficient (Wildman–Crippen LogP) is 5.18. The third kappa shape index (κ3) is 6.18. The van der Waals surface area contributed by atoms with E-state index >= 15 is 0 Å². The fourth-order valence-electron chi connectivity index (χ4n) is 7.21. The van der Waals surface area contributed by atoms with E-state index in [1.807, 2.05) is 0 Å². The minimum Gasteiger partial charge on any atom is -0.390 e. The van der Waals surface area contributed by atoms with Crippen LogP contribution in [0.2, 0.25) is 0 Å². The molecule has 10 atom stereocenters. The highest BCUT2D eigenvalue weighted by Crippen LogP contribution is 2.51. The standard InChI is InChI=1S/C30H53BrO7/c1-25(2,33)20(32)12-15-27(5,34)21-13-17-28(6,37-21)22-9-10-23(35-22)29(7)18-14-24-30(8,38-29)16-11-19(31)26(3,4)36-24/h19-24,32-34H,9-18H2,1-8H3/t19-,20-,21-,22-,23-,24+,27?,28+,29-,30-/m1/s1. The van der Waals surface area contributed by atoms with Gasteiger partial charge in [0.25, 0.3) is 0 Å². The summed E-state index contributed by atoms with van der Waals surface area (Å²) in [6, 6.07) is 0. The molecule has 4 heterocycles. The van der Waals surface area contributed by atoms with E-state index in [1.165, 1.54) is 0 Å². The van der Waals surface area contributed by atoms with Crippen molar-refractivity contribution in [2.24, 2.45) is 0 Å². The zero-order chi connectivity index (χ0) is 28.4. The summed E-state index contributed by atoms with van der Waals surface area (Å²) in [7, 11) is 0. The molecule has 0 saturated carbocycles. The normalized spacial score (nSPS) is 46.3. The van der Waals surface area contributed by atoms with Gasteiger partial charge in [-0.15, -0.1) is 0 Å². The van der Waals surface area contributed by atoms with Crippen molar-refractivity contribution < 1.29 is 34.3 Å². The fraction of sp³-hybridized carbons (Fsp3) is 1.00. The molecule has 222 valence electrons. The largest absolute Gasteiger partial charge is 0.390 e. The molecule has 0 aromatic carbocycles. The Hall–Kier alpha value is 0.200. The second-order valence-electron chi connectivity index (χ2n) is 14.7. The molecule has 0 aromatic heterocycles. The maximum atomic E-state index is 11.2. The van der Waals surface area contributed by atoms with Gasteiger partial charge < -0.3 is 34.3 Å². The first-order chi connectivity index (χ1) is 17.3. The molecule has 8 heteroatoms. The molecule has 0 aromatic rings. The molecule has 0 radical (unpaired) electrons. The number of rotatable bonds is 7. The fourth-order valence-corrected chi connectivity index (χ4v) is 7.55. The molecule has 4 rings (SSSR count). The van der Waals surface area contributed by atoms with Crippen LogP contribution in [-0.2, 0) is 18.9 Å². The maximum Gasteiger partial charge on any atom is 0.0924 e. The van der Waals surface area contributed by atoms with E-state index in [2.05, 4.69) is 50.5 Å². The molecule has 7 nitrogen and oxygen atoms in total. The number of aliphatic hydroxyl groups excluding tert-OH is 1. The Labute approximate surface area is 238 Å². The quantitative estimate of drug-likeness (QED) is 0.344. The first-order valence-electron chi connectivity index (χ1n) is 14.8. The van der Waals surface area contributed by atoms with Crippen molar-refractivity contribution in [2.75, 3.05) is 0 Å². The molecule has 0 aliphatic carbocycles. The lowest BCUT2D eigenvalue weighted by Crippen LogP contribution is -2.59. The Morgan fingerprint density at radius 3 is 1.97 bits per heavy atom. The van der Waals surface area contributed by atoms with Crippen molar-refractivity contribution in [2.45, 2.75) is 189 Å².